The second-order valence-electron chi connectivity index (χ2n) is 7.76. The summed E-state index contributed by atoms with van der Waals surface area (Å²) in [6.07, 6.45) is 0.983. The normalized spacial score (nSPS) is 14.8. The highest BCUT2D eigenvalue weighted by Gasteiger charge is 2.12. The van der Waals surface area contributed by atoms with Crippen LogP contribution in [0.2, 0.25) is 0 Å². The maximum Gasteiger partial charge on any atom is 0.191 e. The van der Waals surface area contributed by atoms with E-state index in [0.717, 1.165) is 58.3 Å². The fraction of sp³-hybridized carbons (Fsp3) is 0.458. The number of nitrogens with one attached hydrogen (secondary N) is 2. The van der Waals surface area contributed by atoms with Gasteiger partial charge in [-0.1, -0.05) is 53.6 Å². The van der Waals surface area contributed by atoms with E-state index in [9.17, 15) is 0 Å². The van der Waals surface area contributed by atoms with Gasteiger partial charge in [-0.3, -0.25) is 9.89 Å². The Morgan fingerprint density at radius 1 is 1.00 bits per heavy atom. The molecule has 1 saturated heterocycles. The average Bonchev–Trinajstić information content (AvgIpc) is 2.71. The van der Waals surface area contributed by atoms with E-state index in [4.69, 9.17) is 4.74 Å². The van der Waals surface area contributed by atoms with Gasteiger partial charge in [-0.2, -0.15) is 0 Å². The summed E-state index contributed by atoms with van der Waals surface area (Å²) in [5.41, 5.74) is 6.68. The zero-order valence-corrected chi connectivity index (χ0v) is 20.7. The molecular formula is C24H35IN4O. The Bertz CT molecular complexity index is 798. The molecule has 164 valence electrons. The van der Waals surface area contributed by atoms with Crippen molar-refractivity contribution in [2.75, 3.05) is 39.9 Å². The molecule has 0 atom stereocenters. The number of rotatable bonds is 7. The Labute approximate surface area is 198 Å². The molecule has 0 aromatic heterocycles. The van der Waals surface area contributed by atoms with Crippen LogP contribution in [0.25, 0.3) is 0 Å². The first-order valence-corrected chi connectivity index (χ1v) is 10.5. The van der Waals surface area contributed by atoms with Crippen molar-refractivity contribution in [1.29, 1.82) is 0 Å². The summed E-state index contributed by atoms with van der Waals surface area (Å²) in [6.45, 7) is 10.6. The molecule has 0 aliphatic carbocycles. The molecule has 1 aliphatic rings. The number of aryl methyl sites for hydroxylation is 2. The van der Waals surface area contributed by atoms with Gasteiger partial charge in [0.15, 0.2) is 5.96 Å². The first-order valence-electron chi connectivity index (χ1n) is 10.5. The van der Waals surface area contributed by atoms with Crippen LogP contribution in [-0.2, 0) is 24.2 Å². The summed E-state index contributed by atoms with van der Waals surface area (Å²) in [5.74, 6) is 0.843. The van der Waals surface area contributed by atoms with E-state index in [2.05, 4.69) is 76.8 Å². The minimum atomic E-state index is 0. The molecule has 0 unspecified atom stereocenters. The minimum Gasteiger partial charge on any atom is -0.379 e. The third-order valence-electron chi connectivity index (χ3n) is 5.27. The highest BCUT2D eigenvalue weighted by Crippen LogP contribution is 2.13. The number of nitrogens with zero attached hydrogens (tertiary/aromatic N) is 2. The van der Waals surface area contributed by atoms with E-state index in [1.807, 2.05) is 7.05 Å². The zero-order valence-electron chi connectivity index (χ0n) is 18.4. The zero-order chi connectivity index (χ0) is 20.5. The van der Waals surface area contributed by atoms with Crippen molar-refractivity contribution in [1.82, 2.24) is 15.5 Å². The molecule has 0 saturated carbocycles. The number of aliphatic imine (C=N–C) groups is 1. The van der Waals surface area contributed by atoms with Crippen molar-refractivity contribution in [3.63, 3.8) is 0 Å². The number of morpholine rings is 1. The van der Waals surface area contributed by atoms with Gasteiger partial charge in [-0.05, 0) is 37.0 Å². The van der Waals surface area contributed by atoms with Gasteiger partial charge >= 0.3 is 0 Å². The molecule has 6 heteroatoms. The maximum atomic E-state index is 5.47. The van der Waals surface area contributed by atoms with Gasteiger partial charge in [0.2, 0.25) is 0 Å². The molecule has 3 rings (SSSR count). The molecule has 0 radical (unpaired) electrons. The third-order valence-corrected chi connectivity index (χ3v) is 5.27. The third kappa shape index (κ3) is 7.89. The van der Waals surface area contributed by atoms with Crippen LogP contribution in [0.15, 0.2) is 47.5 Å². The summed E-state index contributed by atoms with van der Waals surface area (Å²) in [6, 6.07) is 15.4. The largest absolute Gasteiger partial charge is 0.379 e. The Kier molecular flexibility index (Phi) is 10.6. The van der Waals surface area contributed by atoms with Crippen LogP contribution >= 0.6 is 24.0 Å². The maximum absolute atomic E-state index is 5.47. The van der Waals surface area contributed by atoms with Crippen LogP contribution < -0.4 is 10.6 Å². The van der Waals surface area contributed by atoms with Gasteiger partial charge in [0.25, 0.3) is 0 Å². The van der Waals surface area contributed by atoms with E-state index >= 15 is 0 Å². The van der Waals surface area contributed by atoms with Gasteiger partial charge in [0.05, 0.1) is 13.2 Å². The van der Waals surface area contributed by atoms with E-state index in [-0.39, 0.29) is 24.0 Å². The van der Waals surface area contributed by atoms with Gasteiger partial charge in [-0.15, -0.1) is 24.0 Å². The van der Waals surface area contributed by atoms with Crippen molar-refractivity contribution in [3.8, 4) is 0 Å². The number of benzene rings is 2. The Hall–Kier alpha value is -1.64. The highest BCUT2D eigenvalue weighted by molar-refractivity contribution is 14.0. The van der Waals surface area contributed by atoms with Crippen molar-refractivity contribution in [3.05, 3.63) is 70.3 Å². The fourth-order valence-corrected chi connectivity index (χ4v) is 3.82. The summed E-state index contributed by atoms with van der Waals surface area (Å²) >= 11 is 0. The number of guanidine groups is 1. The lowest BCUT2D eigenvalue weighted by Gasteiger charge is -2.27. The lowest BCUT2D eigenvalue weighted by atomic mass is 10.1. The Morgan fingerprint density at radius 3 is 2.33 bits per heavy atom. The molecule has 0 bridgehead atoms. The van der Waals surface area contributed by atoms with Gasteiger partial charge in [0, 0.05) is 39.8 Å². The van der Waals surface area contributed by atoms with Crippen LogP contribution in [0, 0.1) is 13.8 Å². The van der Waals surface area contributed by atoms with Crippen LogP contribution in [0.5, 0.6) is 0 Å². The summed E-state index contributed by atoms with van der Waals surface area (Å²) in [5, 5.41) is 6.91. The van der Waals surface area contributed by atoms with Crippen LogP contribution in [0.4, 0.5) is 0 Å². The second-order valence-corrected chi connectivity index (χ2v) is 7.76. The van der Waals surface area contributed by atoms with Crippen molar-refractivity contribution < 1.29 is 4.74 Å². The van der Waals surface area contributed by atoms with Crippen molar-refractivity contribution in [2.24, 2.45) is 4.99 Å². The molecule has 1 fully saturated rings. The van der Waals surface area contributed by atoms with Crippen molar-refractivity contribution in [2.45, 2.75) is 33.4 Å². The second kappa shape index (κ2) is 12.9. The van der Waals surface area contributed by atoms with Crippen LogP contribution in [-0.4, -0.2) is 50.8 Å². The predicted molar refractivity (Wildman–Crippen MR) is 136 cm³/mol. The fourth-order valence-electron chi connectivity index (χ4n) is 3.82. The SMILES string of the molecule is CN=C(NCCc1cc(C)cc(C)c1)NCc1ccccc1CN1CCOCC1.I. The molecule has 5 nitrogen and oxygen atoms in total. The molecule has 30 heavy (non-hydrogen) atoms. The molecule has 0 amide bonds. The number of ether oxygens (including phenoxy) is 1. The molecule has 1 aliphatic heterocycles. The first kappa shape index (κ1) is 24.6. The van der Waals surface area contributed by atoms with Crippen LogP contribution in [0.3, 0.4) is 0 Å². The molecule has 2 aromatic rings. The number of hydrogen-bond donors (Lipinski definition) is 2. The van der Waals surface area contributed by atoms with Gasteiger partial charge in [-0.25, -0.2) is 0 Å². The van der Waals surface area contributed by atoms with E-state index in [1.54, 1.807) is 0 Å². The standard InChI is InChI=1S/C24H34N4O.HI/c1-19-14-20(2)16-21(15-19)8-9-26-24(25-3)27-17-22-6-4-5-7-23(22)18-28-10-12-29-13-11-28;/h4-7,14-16H,8-13,17-18H2,1-3H3,(H2,25,26,27);1H. The molecule has 1 heterocycles. The predicted octanol–water partition coefficient (Wildman–Crippen LogP) is 3.66. The molecule has 2 N–H and O–H groups in total. The minimum absolute atomic E-state index is 0. The van der Waals surface area contributed by atoms with Crippen LogP contribution in [0.1, 0.15) is 27.8 Å². The quantitative estimate of drug-likeness (QED) is 0.331. The molecule has 2 aromatic carbocycles. The van der Waals surface area contributed by atoms with E-state index < -0.39 is 0 Å². The topological polar surface area (TPSA) is 48.9 Å². The van der Waals surface area contributed by atoms with Crippen molar-refractivity contribution >= 4 is 29.9 Å². The lowest BCUT2D eigenvalue weighted by molar-refractivity contribution is 0.0341. The number of halogens is 1. The average molecular weight is 522 g/mol. The Morgan fingerprint density at radius 2 is 1.67 bits per heavy atom. The summed E-state index contributed by atoms with van der Waals surface area (Å²) in [4.78, 5) is 6.84. The summed E-state index contributed by atoms with van der Waals surface area (Å²) in [7, 11) is 1.83. The van der Waals surface area contributed by atoms with E-state index in [1.165, 1.54) is 27.8 Å². The number of hydrogen-bond acceptors (Lipinski definition) is 3. The van der Waals surface area contributed by atoms with E-state index in [0.29, 0.717) is 0 Å². The first-order chi connectivity index (χ1) is 14.1. The highest BCUT2D eigenvalue weighted by atomic mass is 127. The monoisotopic (exact) mass is 522 g/mol. The van der Waals surface area contributed by atoms with Gasteiger partial charge in [0.1, 0.15) is 0 Å². The summed E-state index contributed by atoms with van der Waals surface area (Å²) < 4.78 is 5.47. The smallest absolute Gasteiger partial charge is 0.191 e. The lowest BCUT2D eigenvalue weighted by Crippen LogP contribution is -2.38. The molecule has 0 spiro atoms. The Balaban J connectivity index is 0.00000320. The van der Waals surface area contributed by atoms with Gasteiger partial charge < -0.3 is 15.4 Å². The molecular weight excluding hydrogens is 487 g/mol.